The third-order valence-electron chi connectivity index (χ3n) is 3.84. The van der Waals surface area contributed by atoms with Crippen molar-refractivity contribution in [2.45, 2.75) is 12.8 Å². The summed E-state index contributed by atoms with van der Waals surface area (Å²) in [4.78, 5) is 14.3. The molecule has 0 unspecified atom stereocenters. The van der Waals surface area contributed by atoms with Gasteiger partial charge in [-0.2, -0.15) is 0 Å². The van der Waals surface area contributed by atoms with Crippen molar-refractivity contribution in [3.8, 4) is 10.4 Å². The van der Waals surface area contributed by atoms with E-state index >= 15 is 0 Å². The van der Waals surface area contributed by atoms with E-state index in [1.54, 1.807) is 11.3 Å². The number of aryl methyl sites for hydroxylation is 1. The highest BCUT2D eigenvalue weighted by atomic mass is 32.1. The zero-order valence-corrected chi connectivity index (χ0v) is 14.0. The minimum absolute atomic E-state index is 0.0599. The second-order valence-electron chi connectivity index (χ2n) is 5.56. The summed E-state index contributed by atoms with van der Waals surface area (Å²) in [6, 6.07) is 21.5. The summed E-state index contributed by atoms with van der Waals surface area (Å²) in [6.45, 7) is 0. The molecule has 0 saturated carbocycles. The maximum Gasteiger partial charge on any atom is 0.173 e. The van der Waals surface area contributed by atoms with Crippen molar-refractivity contribution in [3.05, 3.63) is 82.7 Å². The number of Topliss-reactive ketones (excluding diaryl/α,β-unsaturated/α-hetero) is 1. The zero-order valence-electron chi connectivity index (χ0n) is 13.2. The van der Waals surface area contributed by atoms with Crippen LogP contribution >= 0.6 is 11.3 Å². The number of amidine groups is 1. The molecule has 1 aromatic heterocycles. The van der Waals surface area contributed by atoms with E-state index < -0.39 is 0 Å². The summed E-state index contributed by atoms with van der Waals surface area (Å²) in [5.41, 5.74) is 8.36. The molecular formula is C20H18N2OS. The van der Waals surface area contributed by atoms with Crippen molar-refractivity contribution < 1.29 is 4.79 Å². The number of thiophene rings is 1. The Morgan fingerprint density at radius 3 is 2.33 bits per heavy atom. The molecule has 0 bridgehead atoms. The van der Waals surface area contributed by atoms with Gasteiger partial charge in [-0.15, -0.1) is 11.3 Å². The molecule has 0 fully saturated rings. The number of ketones is 1. The zero-order chi connectivity index (χ0) is 16.9. The molecule has 0 spiro atoms. The molecule has 3 nitrogen and oxygen atoms in total. The van der Waals surface area contributed by atoms with Crippen LogP contribution in [-0.2, 0) is 6.42 Å². The largest absolute Gasteiger partial charge is 0.384 e. The number of hydrogen-bond acceptors (Lipinski definition) is 3. The average Bonchev–Trinajstić information content (AvgIpc) is 3.11. The van der Waals surface area contributed by atoms with Gasteiger partial charge >= 0.3 is 0 Å². The van der Waals surface area contributed by atoms with E-state index in [2.05, 4.69) is 12.1 Å². The van der Waals surface area contributed by atoms with Crippen LogP contribution in [-0.4, -0.2) is 11.6 Å². The molecule has 4 heteroatoms. The van der Waals surface area contributed by atoms with Gasteiger partial charge in [-0.1, -0.05) is 54.6 Å². The molecule has 120 valence electrons. The monoisotopic (exact) mass is 334 g/mol. The highest BCUT2D eigenvalue weighted by molar-refractivity contribution is 7.17. The summed E-state index contributed by atoms with van der Waals surface area (Å²) >= 11 is 1.54. The lowest BCUT2D eigenvalue weighted by atomic mass is 10.0. The van der Waals surface area contributed by atoms with Gasteiger partial charge < -0.3 is 5.73 Å². The predicted molar refractivity (Wildman–Crippen MR) is 99.9 cm³/mol. The van der Waals surface area contributed by atoms with Crippen LogP contribution in [0.4, 0.5) is 0 Å². The van der Waals surface area contributed by atoms with Crippen LogP contribution in [0.2, 0.25) is 0 Å². The van der Waals surface area contributed by atoms with Crippen molar-refractivity contribution in [2.75, 3.05) is 0 Å². The predicted octanol–water partition coefficient (Wildman–Crippen LogP) is 4.51. The van der Waals surface area contributed by atoms with Crippen molar-refractivity contribution in [1.29, 1.82) is 5.41 Å². The molecule has 0 amide bonds. The van der Waals surface area contributed by atoms with Crippen LogP contribution in [0.1, 0.15) is 27.2 Å². The summed E-state index contributed by atoms with van der Waals surface area (Å²) < 4.78 is 0. The van der Waals surface area contributed by atoms with Crippen LogP contribution in [0.3, 0.4) is 0 Å². The van der Waals surface area contributed by atoms with E-state index in [-0.39, 0.29) is 11.6 Å². The first kappa shape index (κ1) is 16.1. The van der Waals surface area contributed by atoms with E-state index in [1.165, 1.54) is 0 Å². The second-order valence-corrected chi connectivity index (χ2v) is 6.65. The number of nitrogen functional groups attached to an aromatic ring is 1. The number of benzene rings is 2. The lowest BCUT2D eigenvalue weighted by Gasteiger charge is -2.02. The molecule has 2 aromatic carbocycles. The van der Waals surface area contributed by atoms with Gasteiger partial charge in [0.15, 0.2) is 5.78 Å². The Labute approximate surface area is 145 Å². The minimum Gasteiger partial charge on any atom is -0.384 e. The van der Waals surface area contributed by atoms with Crippen LogP contribution in [0.15, 0.2) is 66.7 Å². The topological polar surface area (TPSA) is 66.9 Å². The standard InChI is InChI=1S/C20H18N2OS/c21-20(22)16-9-6-14(7-10-16)8-11-17(23)19-13-12-18(24-19)15-4-2-1-3-5-15/h1-7,9-10,12-13H,8,11H2,(H3,21,22). The molecule has 0 aliphatic heterocycles. The highest BCUT2D eigenvalue weighted by Crippen LogP contribution is 2.28. The number of nitrogens with one attached hydrogen (secondary N) is 1. The summed E-state index contributed by atoms with van der Waals surface area (Å²) in [5.74, 6) is 0.225. The lowest BCUT2D eigenvalue weighted by Crippen LogP contribution is -2.10. The lowest BCUT2D eigenvalue weighted by molar-refractivity contribution is 0.0986. The van der Waals surface area contributed by atoms with Gasteiger partial charge in [0.25, 0.3) is 0 Å². The van der Waals surface area contributed by atoms with E-state index in [0.717, 1.165) is 20.9 Å². The van der Waals surface area contributed by atoms with Crippen molar-refractivity contribution in [2.24, 2.45) is 5.73 Å². The maximum atomic E-state index is 12.4. The van der Waals surface area contributed by atoms with E-state index in [0.29, 0.717) is 18.4 Å². The smallest absolute Gasteiger partial charge is 0.173 e. The van der Waals surface area contributed by atoms with Gasteiger partial charge in [-0.3, -0.25) is 10.2 Å². The van der Waals surface area contributed by atoms with Crippen LogP contribution in [0.25, 0.3) is 10.4 Å². The number of nitrogens with two attached hydrogens (primary N) is 1. The fourth-order valence-electron chi connectivity index (χ4n) is 2.48. The Morgan fingerprint density at radius 2 is 1.67 bits per heavy atom. The maximum absolute atomic E-state index is 12.4. The van der Waals surface area contributed by atoms with Crippen molar-refractivity contribution >= 4 is 23.0 Å². The fourth-order valence-corrected chi connectivity index (χ4v) is 3.46. The molecule has 3 N–H and O–H groups in total. The first-order valence-corrected chi connectivity index (χ1v) is 8.57. The van der Waals surface area contributed by atoms with Crippen molar-refractivity contribution in [3.63, 3.8) is 0 Å². The molecule has 0 radical (unpaired) electrons. The third kappa shape index (κ3) is 3.78. The third-order valence-corrected chi connectivity index (χ3v) is 5.02. The van der Waals surface area contributed by atoms with Crippen LogP contribution < -0.4 is 5.73 Å². The molecule has 1 heterocycles. The summed E-state index contributed by atoms with van der Waals surface area (Å²) in [5, 5.41) is 7.39. The quantitative estimate of drug-likeness (QED) is 0.395. The number of carbonyl (C=O) groups excluding carboxylic acids is 1. The highest BCUT2D eigenvalue weighted by Gasteiger charge is 2.10. The number of rotatable bonds is 6. The number of carbonyl (C=O) groups is 1. The summed E-state index contributed by atoms with van der Waals surface area (Å²) in [7, 11) is 0. The summed E-state index contributed by atoms with van der Waals surface area (Å²) in [6.07, 6.45) is 1.17. The Balaban J connectivity index is 1.63. The Morgan fingerprint density at radius 1 is 0.958 bits per heavy atom. The van der Waals surface area contributed by atoms with Gasteiger partial charge in [0.1, 0.15) is 5.84 Å². The second kappa shape index (κ2) is 7.23. The Hall–Kier alpha value is -2.72. The van der Waals surface area contributed by atoms with E-state index in [9.17, 15) is 4.79 Å². The molecule has 3 rings (SSSR count). The first-order valence-electron chi connectivity index (χ1n) is 7.75. The molecule has 0 aliphatic rings. The normalized spacial score (nSPS) is 10.5. The molecule has 24 heavy (non-hydrogen) atoms. The average molecular weight is 334 g/mol. The van der Waals surface area contributed by atoms with Gasteiger partial charge in [0.2, 0.25) is 0 Å². The van der Waals surface area contributed by atoms with Crippen LogP contribution in [0.5, 0.6) is 0 Å². The Bertz CT molecular complexity index is 851. The SMILES string of the molecule is N=C(N)c1ccc(CCC(=O)c2ccc(-c3ccccc3)s2)cc1. The van der Waals surface area contributed by atoms with E-state index in [1.807, 2.05) is 54.6 Å². The molecule has 0 atom stereocenters. The minimum atomic E-state index is 0.0599. The van der Waals surface area contributed by atoms with Gasteiger partial charge in [0, 0.05) is 16.9 Å². The first-order chi connectivity index (χ1) is 11.6. The van der Waals surface area contributed by atoms with E-state index in [4.69, 9.17) is 11.1 Å². The fraction of sp³-hybridized carbons (Fsp3) is 0.100. The van der Waals surface area contributed by atoms with Gasteiger partial charge in [0.05, 0.1) is 4.88 Å². The molecule has 3 aromatic rings. The molecular weight excluding hydrogens is 316 g/mol. The molecule has 0 saturated heterocycles. The van der Waals surface area contributed by atoms with Crippen LogP contribution in [0, 0.1) is 5.41 Å². The van der Waals surface area contributed by atoms with Crippen molar-refractivity contribution in [1.82, 2.24) is 0 Å². The Kier molecular flexibility index (Phi) is 4.87. The number of hydrogen-bond donors (Lipinski definition) is 2. The molecule has 0 aliphatic carbocycles. The van der Waals surface area contributed by atoms with Gasteiger partial charge in [-0.25, -0.2) is 0 Å². The van der Waals surface area contributed by atoms with Gasteiger partial charge in [-0.05, 0) is 29.7 Å².